The predicted molar refractivity (Wildman–Crippen MR) is 85.0 cm³/mol. The van der Waals surface area contributed by atoms with Crippen molar-refractivity contribution in [3.05, 3.63) is 63.1 Å². The third-order valence-electron chi connectivity index (χ3n) is 3.09. The molecule has 0 heterocycles. The van der Waals surface area contributed by atoms with Crippen molar-refractivity contribution in [1.82, 2.24) is 0 Å². The van der Waals surface area contributed by atoms with E-state index in [2.05, 4.69) is 21.2 Å². The van der Waals surface area contributed by atoms with Crippen LogP contribution in [0.25, 0.3) is 0 Å². The molecule has 0 aliphatic rings. The SMILES string of the molecule is Cc1ccc(Br)c(C(=O)Nc2ccc(C(=O)O)cc2C)c1. The summed E-state index contributed by atoms with van der Waals surface area (Å²) in [7, 11) is 0. The van der Waals surface area contributed by atoms with Gasteiger partial charge in [0, 0.05) is 10.2 Å². The summed E-state index contributed by atoms with van der Waals surface area (Å²) in [6.45, 7) is 3.67. The second-order valence-corrected chi connectivity index (χ2v) is 5.63. The molecule has 2 rings (SSSR count). The number of hydrogen-bond acceptors (Lipinski definition) is 2. The molecule has 1 amide bonds. The molecule has 0 bridgehead atoms. The van der Waals surface area contributed by atoms with E-state index in [1.807, 2.05) is 19.1 Å². The van der Waals surface area contributed by atoms with Crippen molar-refractivity contribution in [3.63, 3.8) is 0 Å². The molecule has 0 aromatic heterocycles. The summed E-state index contributed by atoms with van der Waals surface area (Å²) in [6, 6.07) is 10.1. The van der Waals surface area contributed by atoms with E-state index in [-0.39, 0.29) is 11.5 Å². The summed E-state index contributed by atoms with van der Waals surface area (Å²) in [5.74, 6) is -1.23. The van der Waals surface area contributed by atoms with Gasteiger partial charge in [0.1, 0.15) is 0 Å². The highest BCUT2D eigenvalue weighted by Gasteiger charge is 2.12. The zero-order valence-electron chi connectivity index (χ0n) is 11.6. The highest BCUT2D eigenvalue weighted by Crippen LogP contribution is 2.22. The minimum absolute atomic E-state index is 0.197. The molecule has 0 radical (unpaired) electrons. The van der Waals surface area contributed by atoms with E-state index in [1.165, 1.54) is 12.1 Å². The fourth-order valence-corrected chi connectivity index (χ4v) is 2.37. The highest BCUT2D eigenvalue weighted by molar-refractivity contribution is 9.10. The number of hydrogen-bond donors (Lipinski definition) is 2. The Bertz CT molecular complexity index is 725. The Labute approximate surface area is 130 Å². The van der Waals surface area contributed by atoms with Gasteiger partial charge in [-0.3, -0.25) is 4.79 Å². The monoisotopic (exact) mass is 347 g/mol. The van der Waals surface area contributed by atoms with Crippen LogP contribution in [0, 0.1) is 13.8 Å². The molecule has 0 unspecified atom stereocenters. The number of amides is 1. The van der Waals surface area contributed by atoms with Crippen LogP contribution in [-0.4, -0.2) is 17.0 Å². The standard InChI is InChI=1S/C16H14BrNO3/c1-9-3-5-13(17)12(7-9)15(19)18-14-6-4-11(16(20)21)8-10(14)2/h3-8H,1-2H3,(H,18,19)(H,20,21). The number of carbonyl (C=O) groups excluding carboxylic acids is 1. The summed E-state index contributed by atoms with van der Waals surface area (Å²) in [4.78, 5) is 23.2. The zero-order chi connectivity index (χ0) is 15.6. The number of aryl methyl sites for hydroxylation is 2. The van der Waals surface area contributed by atoms with Gasteiger partial charge in [0.2, 0.25) is 0 Å². The number of nitrogens with one attached hydrogen (secondary N) is 1. The number of aromatic carboxylic acids is 1. The Kier molecular flexibility index (Phi) is 4.43. The van der Waals surface area contributed by atoms with Gasteiger partial charge in [-0.1, -0.05) is 11.6 Å². The number of benzene rings is 2. The van der Waals surface area contributed by atoms with E-state index in [0.717, 1.165) is 5.56 Å². The topological polar surface area (TPSA) is 66.4 Å². The number of rotatable bonds is 3. The van der Waals surface area contributed by atoms with Gasteiger partial charge in [-0.2, -0.15) is 0 Å². The van der Waals surface area contributed by atoms with Gasteiger partial charge in [0.05, 0.1) is 11.1 Å². The molecule has 108 valence electrons. The summed E-state index contributed by atoms with van der Waals surface area (Å²) < 4.78 is 0.713. The van der Waals surface area contributed by atoms with Crippen LogP contribution in [0.4, 0.5) is 5.69 Å². The lowest BCUT2D eigenvalue weighted by atomic mass is 10.1. The maximum Gasteiger partial charge on any atom is 0.335 e. The van der Waals surface area contributed by atoms with E-state index in [4.69, 9.17) is 5.11 Å². The van der Waals surface area contributed by atoms with Crippen molar-refractivity contribution in [3.8, 4) is 0 Å². The molecule has 2 aromatic carbocycles. The summed E-state index contributed by atoms with van der Waals surface area (Å²) in [6.07, 6.45) is 0. The van der Waals surface area contributed by atoms with E-state index in [9.17, 15) is 9.59 Å². The number of anilines is 1. The Hall–Kier alpha value is -2.14. The molecule has 2 aromatic rings. The van der Waals surface area contributed by atoms with Gasteiger partial charge < -0.3 is 10.4 Å². The van der Waals surface area contributed by atoms with Crippen LogP contribution in [0.5, 0.6) is 0 Å². The molecule has 0 aliphatic carbocycles. The first-order valence-electron chi connectivity index (χ1n) is 6.30. The van der Waals surface area contributed by atoms with E-state index in [1.54, 1.807) is 19.1 Å². The van der Waals surface area contributed by atoms with E-state index in [0.29, 0.717) is 21.3 Å². The Morgan fingerprint density at radius 1 is 1.10 bits per heavy atom. The quantitative estimate of drug-likeness (QED) is 0.881. The third kappa shape index (κ3) is 3.49. The van der Waals surface area contributed by atoms with Crippen molar-refractivity contribution < 1.29 is 14.7 Å². The molecule has 4 nitrogen and oxygen atoms in total. The molecule has 0 saturated heterocycles. The fourth-order valence-electron chi connectivity index (χ4n) is 1.94. The van der Waals surface area contributed by atoms with Crippen LogP contribution >= 0.6 is 15.9 Å². The lowest BCUT2D eigenvalue weighted by Crippen LogP contribution is -2.14. The van der Waals surface area contributed by atoms with Crippen molar-refractivity contribution >= 4 is 33.5 Å². The second-order valence-electron chi connectivity index (χ2n) is 4.77. The Balaban J connectivity index is 2.27. The van der Waals surface area contributed by atoms with Crippen LogP contribution in [0.3, 0.4) is 0 Å². The van der Waals surface area contributed by atoms with Gasteiger partial charge in [0.15, 0.2) is 0 Å². The second kappa shape index (κ2) is 6.10. The van der Waals surface area contributed by atoms with Gasteiger partial charge in [-0.15, -0.1) is 0 Å². The molecular weight excluding hydrogens is 334 g/mol. The van der Waals surface area contributed by atoms with Crippen LogP contribution in [0.1, 0.15) is 31.8 Å². The van der Waals surface area contributed by atoms with Gasteiger partial charge in [0.25, 0.3) is 5.91 Å². The Morgan fingerprint density at radius 2 is 1.81 bits per heavy atom. The van der Waals surface area contributed by atoms with Gasteiger partial charge in [-0.05, 0) is 65.7 Å². The molecule has 0 saturated carbocycles. The number of halogens is 1. The van der Waals surface area contributed by atoms with Crippen LogP contribution in [-0.2, 0) is 0 Å². The molecule has 5 heteroatoms. The van der Waals surface area contributed by atoms with Gasteiger partial charge in [-0.25, -0.2) is 4.79 Å². The lowest BCUT2D eigenvalue weighted by molar-refractivity contribution is 0.0696. The van der Waals surface area contributed by atoms with Crippen LogP contribution in [0.2, 0.25) is 0 Å². The van der Waals surface area contributed by atoms with Crippen molar-refractivity contribution in [2.45, 2.75) is 13.8 Å². The smallest absolute Gasteiger partial charge is 0.335 e. The maximum atomic E-state index is 12.3. The normalized spacial score (nSPS) is 10.2. The molecule has 0 fully saturated rings. The van der Waals surface area contributed by atoms with Crippen molar-refractivity contribution in [2.24, 2.45) is 0 Å². The number of carbonyl (C=O) groups is 2. The predicted octanol–water partition coefficient (Wildman–Crippen LogP) is 4.02. The molecule has 0 spiro atoms. The van der Waals surface area contributed by atoms with E-state index < -0.39 is 5.97 Å². The minimum atomic E-state index is -0.989. The average Bonchev–Trinajstić information content (AvgIpc) is 2.43. The first kappa shape index (κ1) is 15.3. The molecule has 0 aliphatic heterocycles. The van der Waals surface area contributed by atoms with Crippen molar-refractivity contribution in [2.75, 3.05) is 5.32 Å². The molecule has 0 atom stereocenters. The maximum absolute atomic E-state index is 12.3. The fraction of sp³-hybridized carbons (Fsp3) is 0.125. The number of carboxylic acids is 1. The molecule has 2 N–H and O–H groups in total. The third-order valence-corrected chi connectivity index (χ3v) is 3.78. The van der Waals surface area contributed by atoms with Crippen molar-refractivity contribution in [1.29, 1.82) is 0 Å². The average molecular weight is 348 g/mol. The first-order valence-corrected chi connectivity index (χ1v) is 7.09. The van der Waals surface area contributed by atoms with Crippen LogP contribution in [0.15, 0.2) is 40.9 Å². The van der Waals surface area contributed by atoms with E-state index >= 15 is 0 Å². The molecule has 21 heavy (non-hydrogen) atoms. The Morgan fingerprint density at radius 3 is 2.43 bits per heavy atom. The summed E-state index contributed by atoms with van der Waals surface area (Å²) in [5, 5.41) is 11.7. The lowest BCUT2D eigenvalue weighted by Gasteiger charge is -2.10. The highest BCUT2D eigenvalue weighted by atomic mass is 79.9. The molecular formula is C16H14BrNO3. The zero-order valence-corrected chi connectivity index (χ0v) is 13.2. The first-order chi connectivity index (χ1) is 9.88. The minimum Gasteiger partial charge on any atom is -0.478 e. The summed E-state index contributed by atoms with van der Waals surface area (Å²) in [5.41, 5.74) is 3.02. The summed E-state index contributed by atoms with van der Waals surface area (Å²) >= 11 is 3.36. The largest absolute Gasteiger partial charge is 0.478 e. The van der Waals surface area contributed by atoms with Crippen LogP contribution < -0.4 is 5.32 Å². The number of carboxylic acid groups (broad SMARTS) is 1. The van der Waals surface area contributed by atoms with Gasteiger partial charge >= 0.3 is 5.97 Å².